The van der Waals surface area contributed by atoms with Crippen LogP contribution < -0.4 is 10.0 Å². The second-order valence-corrected chi connectivity index (χ2v) is 9.67. The van der Waals surface area contributed by atoms with E-state index in [1.165, 1.54) is 12.1 Å². The van der Waals surface area contributed by atoms with Crippen LogP contribution in [0.3, 0.4) is 0 Å². The molecular formula is C21H28N4O5S. The molecule has 0 aliphatic rings. The molecule has 10 heteroatoms. The largest absolute Gasteiger partial charge is 0.438 e. The van der Waals surface area contributed by atoms with Gasteiger partial charge in [0, 0.05) is 25.3 Å². The number of furan rings is 1. The fraction of sp³-hybridized carbons (Fsp3) is 0.429. The third kappa shape index (κ3) is 5.72. The smallest absolute Gasteiger partial charge is 0.293 e. The van der Waals surface area contributed by atoms with Crippen molar-refractivity contribution in [3.63, 3.8) is 0 Å². The van der Waals surface area contributed by atoms with Crippen LogP contribution in [-0.4, -0.2) is 42.6 Å². The molecule has 2 aromatic heterocycles. The van der Waals surface area contributed by atoms with Crippen LogP contribution in [0.25, 0.3) is 11.0 Å². The van der Waals surface area contributed by atoms with Gasteiger partial charge in [-0.15, -0.1) is 0 Å². The summed E-state index contributed by atoms with van der Waals surface area (Å²) in [7, 11) is -3.88. The number of rotatable bonds is 9. The number of hydrogen-bond acceptors (Lipinski definition) is 6. The number of nitrogens with zero attached hydrogens (tertiary/aromatic N) is 2. The Bertz CT molecular complexity index is 1160. The van der Waals surface area contributed by atoms with Gasteiger partial charge in [-0.2, -0.15) is 0 Å². The van der Waals surface area contributed by atoms with E-state index in [4.69, 9.17) is 9.15 Å². The number of ether oxygens (including phenoxy) is 1. The summed E-state index contributed by atoms with van der Waals surface area (Å²) in [6, 6.07) is 10.1. The molecule has 1 amide bonds. The highest BCUT2D eigenvalue weighted by molar-refractivity contribution is 7.89. The summed E-state index contributed by atoms with van der Waals surface area (Å²) >= 11 is 0. The molecule has 2 N–H and O–H groups in total. The number of nitrogens with one attached hydrogen (secondary N) is 2. The van der Waals surface area contributed by atoms with Crippen molar-refractivity contribution in [3.05, 3.63) is 42.2 Å². The summed E-state index contributed by atoms with van der Waals surface area (Å²) in [4.78, 5) is 17.2. The molecule has 0 unspecified atom stereocenters. The predicted octanol–water partition coefficient (Wildman–Crippen LogP) is 3.39. The van der Waals surface area contributed by atoms with Gasteiger partial charge >= 0.3 is 0 Å². The monoisotopic (exact) mass is 448 g/mol. The molecular weight excluding hydrogens is 420 g/mol. The second kappa shape index (κ2) is 9.21. The molecule has 3 aromatic rings. The fourth-order valence-electron chi connectivity index (χ4n) is 3.07. The molecule has 0 atom stereocenters. The number of aryl methyl sites for hydroxylation is 1. The lowest BCUT2D eigenvalue weighted by Crippen LogP contribution is -2.40. The first-order chi connectivity index (χ1) is 14.6. The van der Waals surface area contributed by atoms with Gasteiger partial charge in [0.05, 0.1) is 11.0 Å². The van der Waals surface area contributed by atoms with Crippen molar-refractivity contribution >= 4 is 32.9 Å². The van der Waals surface area contributed by atoms with E-state index < -0.39 is 21.5 Å². The molecule has 0 radical (unpaired) electrons. The van der Waals surface area contributed by atoms with Crippen LogP contribution in [0.5, 0.6) is 0 Å². The van der Waals surface area contributed by atoms with E-state index in [-0.39, 0.29) is 10.9 Å². The molecule has 9 nitrogen and oxygen atoms in total. The van der Waals surface area contributed by atoms with Crippen molar-refractivity contribution in [2.24, 2.45) is 0 Å². The first-order valence-electron chi connectivity index (χ1n) is 10.1. The van der Waals surface area contributed by atoms with Crippen LogP contribution in [0.15, 0.2) is 45.9 Å². The third-order valence-corrected chi connectivity index (χ3v) is 5.90. The molecule has 0 aliphatic carbocycles. The lowest BCUT2D eigenvalue weighted by atomic mass is 10.1. The number of anilines is 1. The Hall–Kier alpha value is -2.69. The van der Waals surface area contributed by atoms with Crippen LogP contribution in [0.4, 0.5) is 5.95 Å². The van der Waals surface area contributed by atoms with E-state index in [9.17, 15) is 13.2 Å². The normalized spacial score (nSPS) is 12.4. The van der Waals surface area contributed by atoms with Gasteiger partial charge in [0.2, 0.25) is 11.0 Å². The molecule has 31 heavy (non-hydrogen) atoms. The van der Waals surface area contributed by atoms with Crippen LogP contribution in [0.1, 0.15) is 44.7 Å². The fourth-order valence-corrected chi connectivity index (χ4v) is 4.42. The van der Waals surface area contributed by atoms with Gasteiger partial charge in [0.15, 0.2) is 5.76 Å². The average molecular weight is 449 g/mol. The van der Waals surface area contributed by atoms with Gasteiger partial charge in [-0.1, -0.05) is 12.1 Å². The van der Waals surface area contributed by atoms with Gasteiger partial charge < -0.3 is 13.7 Å². The van der Waals surface area contributed by atoms with Crippen LogP contribution in [0, 0.1) is 0 Å². The Morgan fingerprint density at radius 1 is 1.19 bits per heavy atom. The van der Waals surface area contributed by atoms with Crippen molar-refractivity contribution in [3.8, 4) is 0 Å². The lowest BCUT2D eigenvalue weighted by molar-refractivity contribution is 0.0990. The molecule has 2 heterocycles. The minimum Gasteiger partial charge on any atom is -0.438 e. The van der Waals surface area contributed by atoms with Crippen LogP contribution in [0.2, 0.25) is 0 Å². The Morgan fingerprint density at radius 3 is 2.65 bits per heavy atom. The number of benzene rings is 1. The minimum absolute atomic E-state index is 0.123. The third-order valence-electron chi connectivity index (χ3n) is 4.26. The summed E-state index contributed by atoms with van der Waals surface area (Å²) in [6.45, 7) is 8.93. The SMILES string of the molecule is CCOCCCn1c(NC(=O)c2ccc(S(=O)(=O)NC(C)(C)C)o2)nc2ccccc21. The molecule has 0 fully saturated rings. The molecule has 0 aliphatic heterocycles. The number of amides is 1. The predicted molar refractivity (Wildman–Crippen MR) is 118 cm³/mol. The summed E-state index contributed by atoms with van der Waals surface area (Å²) in [6.07, 6.45) is 0.749. The number of para-hydroxylation sites is 2. The van der Waals surface area contributed by atoms with Gasteiger partial charge in [-0.25, -0.2) is 18.1 Å². The molecule has 0 saturated carbocycles. The van der Waals surface area contributed by atoms with Crippen molar-refractivity contribution in [1.82, 2.24) is 14.3 Å². The highest BCUT2D eigenvalue weighted by atomic mass is 32.2. The number of imidazole rings is 1. The Kier molecular flexibility index (Phi) is 6.83. The maximum Gasteiger partial charge on any atom is 0.293 e. The quantitative estimate of drug-likeness (QED) is 0.485. The molecule has 0 saturated heterocycles. The summed E-state index contributed by atoms with van der Waals surface area (Å²) in [5.74, 6) is -0.350. The zero-order chi connectivity index (χ0) is 22.6. The van der Waals surface area contributed by atoms with E-state index in [0.29, 0.717) is 25.7 Å². The van der Waals surface area contributed by atoms with Crippen LogP contribution in [-0.2, 0) is 21.3 Å². The number of carbonyl (C=O) groups is 1. The van der Waals surface area contributed by atoms with Crippen LogP contribution >= 0.6 is 0 Å². The van der Waals surface area contributed by atoms with E-state index in [1.807, 2.05) is 35.8 Å². The van der Waals surface area contributed by atoms with E-state index in [0.717, 1.165) is 17.5 Å². The van der Waals surface area contributed by atoms with Gasteiger partial charge in [-0.3, -0.25) is 10.1 Å². The maximum absolute atomic E-state index is 12.7. The Morgan fingerprint density at radius 2 is 1.94 bits per heavy atom. The van der Waals surface area contributed by atoms with Crippen molar-refractivity contribution in [1.29, 1.82) is 0 Å². The van der Waals surface area contributed by atoms with Crippen molar-refractivity contribution < 1.29 is 22.4 Å². The van der Waals surface area contributed by atoms with Gasteiger partial charge in [-0.05, 0) is 58.4 Å². The number of sulfonamides is 1. The number of aromatic nitrogens is 2. The average Bonchev–Trinajstić information content (AvgIpc) is 3.29. The zero-order valence-electron chi connectivity index (χ0n) is 18.1. The van der Waals surface area contributed by atoms with E-state index in [1.54, 1.807) is 20.8 Å². The summed E-state index contributed by atoms with van der Waals surface area (Å²) in [5.41, 5.74) is 0.943. The molecule has 3 rings (SSSR count). The highest BCUT2D eigenvalue weighted by Crippen LogP contribution is 2.22. The van der Waals surface area contributed by atoms with E-state index >= 15 is 0 Å². The number of carbonyl (C=O) groups excluding carboxylic acids is 1. The molecule has 168 valence electrons. The minimum atomic E-state index is -3.88. The second-order valence-electron chi connectivity index (χ2n) is 8.05. The first kappa shape index (κ1) is 23.0. The highest BCUT2D eigenvalue weighted by Gasteiger charge is 2.26. The lowest BCUT2D eigenvalue weighted by Gasteiger charge is -2.18. The number of hydrogen-bond donors (Lipinski definition) is 2. The zero-order valence-corrected chi connectivity index (χ0v) is 19.0. The first-order valence-corrected chi connectivity index (χ1v) is 11.6. The molecule has 0 spiro atoms. The van der Waals surface area contributed by atoms with Crippen molar-refractivity contribution in [2.45, 2.75) is 51.3 Å². The molecule has 1 aromatic carbocycles. The Balaban J connectivity index is 1.81. The maximum atomic E-state index is 12.7. The van der Waals surface area contributed by atoms with E-state index in [2.05, 4.69) is 15.0 Å². The molecule has 0 bridgehead atoms. The van der Waals surface area contributed by atoms with Crippen molar-refractivity contribution in [2.75, 3.05) is 18.5 Å². The Labute approximate surface area is 181 Å². The van der Waals surface area contributed by atoms with Gasteiger partial charge in [0.1, 0.15) is 0 Å². The standard InChI is InChI=1S/C21H28N4O5S/c1-5-29-14-8-13-25-16-10-7-6-9-15(16)22-20(25)23-19(26)17-11-12-18(30-17)31(27,28)24-21(2,3)4/h6-7,9-12,24H,5,8,13-14H2,1-4H3,(H,22,23,26). The summed E-state index contributed by atoms with van der Waals surface area (Å²) < 4.78 is 40.0. The summed E-state index contributed by atoms with van der Waals surface area (Å²) in [5, 5.41) is 2.41. The topological polar surface area (TPSA) is 115 Å². The van der Waals surface area contributed by atoms with Gasteiger partial charge in [0.25, 0.3) is 15.9 Å². The number of fused-ring (bicyclic) bond motifs is 1.